The van der Waals surface area contributed by atoms with Crippen molar-refractivity contribution in [1.29, 1.82) is 0 Å². The minimum atomic E-state index is -0.276. The average Bonchev–Trinajstić information content (AvgIpc) is 2.97. The van der Waals surface area contributed by atoms with E-state index in [1.807, 2.05) is 56.1 Å². The van der Waals surface area contributed by atoms with Gasteiger partial charge in [-0.15, -0.1) is 0 Å². The van der Waals surface area contributed by atoms with Crippen molar-refractivity contribution in [2.75, 3.05) is 20.2 Å². The molecule has 6 heteroatoms. The number of carbonyl (C=O) groups is 2. The lowest BCUT2D eigenvalue weighted by Crippen LogP contribution is -2.35. The number of imide groups is 1. The van der Waals surface area contributed by atoms with E-state index in [0.717, 1.165) is 5.56 Å². The molecule has 0 atom stereocenters. The molecular formula is C24H27ClN2O3. The third kappa shape index (κ3) is 5.10. The van der Waals surface area contributed by atoms with Gasteiger partial charge in [-0.1, -0.05) is 54.1 Å². The third-order valence-electron chi connectivity index (χ3n) is 4.90. The van der Waals surface area contributed by atoms with Crippen LogP contribution in [0.1, 0.15) is 31.4 Å². The Morgan fingerprint density at radius 1 is 1.00 bits per heavy atom. The maximum Gasteiger partial charge on any atom is 0.277 e. The summed E-state index contributed by atoms with van der Waals surface area (Å²) in [7, 11) is 1.84. The van der Waals surface area contributed by atoms with Crippen LogP contribution in [0, 0.1) is 0 Å². The van der Waals surface area contributed by atoms with Gasteiger partial charge in [0.2, 0.25) is 0 Å². The summed E-state index contributed by atoms with van der Waals surface area (Å²) in [6, 6.07) is 16.9. The van der Waals surface area contributed by atoms with Crippen molar-refractivity contribution < 1.29 is 14.3 Å². The van der Waals surface area contributed by atoms with Gasteiger partial charge in [-0.2, -0.15) is 0 Å². The highest BCUT2D eigenvalue weighted by Crippen LogP contribution is 2.32. The van der Waals surface area contributed by atoms with Crippen LogP contribution in [0.15, 0.2) is 60.3 Å². The number of benzene rings is 2. The van der Waals surface area contributed by atoms with Gasteiger partial charge in [-0.25, -0.2) is 0 Å². The molecule has 0 radical (unpaired) electrons. The van der Waals surface area contributed by atoms with Crippen molar-refractivity contribution in [1.82, 2.24) is 9.80 Å². The highest BCUT2D eigenvalue weighted by molar-refractivity contribution is 6.36. The molecule has 1 aliphatic heterocycles. The summed E-state index contributed by atoms with van der Waals surface area (Å²) in [6.07, 6.45) is 0.712. The highest BCUT2D eigenvalue weighted by atomic mass is 35.5. The van der Waals surface area contributed by atoms with Crippen LogP contribution in [-0.4, -0.2) is 47.9 Å². The minimum absolute atomic E-state index is 0.116. The summed E-state index contributed by atoms with van der Waals surface area (Å²) in [6.45, 7) is 5.27. The molecule has 2 aromatic rings. The molecule has 0 N–H and O–H groups in total. The lowest BCUT2D eigenvalue weighted by atomic mass is 10.0. The van der Waals surface area contributed by atoms with Gasteiger partial charge in [0.15, 0.2) is 0 Å². The number of hydrogen-bond donors (Lipinski definition) is 0. The van der Waals surface area contributed by atoms with Crippen LogP contribution < -0.4 is 0 Å². The molecule has 0 bridgehead atoms. The van der Waals surface area contributed by atoms with Gasteiger partial charge in [0, 0.05) is 31.8 Å². The van der Waals surface area contributed by atoms with Crippen molar-refractivity contribution in [3.8, 4) is 0 Å². The van der Waals surface area contributed by atoms with E-state index in [1.54, 1.807) is 24.3 Å². The summed E-state index contributed by atoms with van der Waals surface area (Å²) in [5.41, 5.74) is 2.58. The monoisotopic (exact) mass is 426 g/mol. The Bertz CT molecular complexity index is 923. The standard InChI is InChI=1S/C24H27ClN2O3/c1-17(2)30-15-7-14-27-23(28)21(19-10-12-20(25)13-11-19)22(24(27)29)26(3)16-18-8-5-4-6-9-18/h4-6,8-13,17H,7,14-16H2,1-3H3. The van der Waals surface area contributed by atoms with E-state index in [0.29, 0.717) is 48.0 Å². The van der Waals surface area contributed by atoms with Crippen molar-refractivity contribution >= 4 is 29.0 Å². The first-order chi connectivity index (χ1) is 14.4. The summed E-state index contributed by atoms with van der Waals surface area (Å²) in [5.74, 6) is -0.547. The van der Waals surface area contributed by atoms with Gasteiger partial charge in [0.1, 0.15) is 5.70 Å². The Kier molecular flexibility index (Phi) is 7.29. The van der Waals surface area contributed by atoms with E-state index >= 15 is 0 Å². The van der Waals surface area contributed by atoms with Crippen molar-refractivity contribution in [3.63, 3.8) is 0 Å². The number of hydrogen-bond acceptors (Lipinski definition) is 4. The predicted molar refractivity (Wildman–Crippen MR) is 119 cm³/mol. The zero-order valence-electron chi connectivity index (χ0n) is 17.6. The normalized spacial score (nSPS) is 14.2. The number of carbonyl (C=O) groups excluding carboxylic acids is 2. The molecule has 158 valence electrons. The quantitative estimate of drug-likeness (QED) is 0.441. The number of nitrogens with zero attached hydrogens (tertiary/aromatic N) is 2. The molecular weight excluding hydrogens is 400 g/mol. The molecule has 0 unspecified atom stereocenters. The summed E-state index contributed by atoms with van der Waals surface area (Å²) in [5, 5.41) is 0.581. The second-order valence-electron chi connectivity index (χ2n) is 7.61. The van der Waals surface area contributed by atoms with E-state index in [-0.39, 0.29) is 17.9 Å². The third-order valence-corrected chi connectivity index (χ3v) is 5.15. The summed E-state index contributed by atoms with van der Waals surface area (Å²) in [4.78, 5) is 29.7. The number of amides is 2. The van der Waals surface area contributed by atoms with Gasteiger partial charge in [-0.3, -0.25) is 14.5 Å². The molecule has 2 amide bonds. The number of likely N-dealkylation sites (N-methyl/N-ethyl adjacent to an activating group) is 1. The molecule has 2 aromatic carbocycles. The van der Waals surface area contributed by atoms with Crippen LogP contribution in [0.25, 0.3) is 5.57 Å². The SMILES string of the molecule is CC(C)OCCCN1C(=O)C(c2ccc(Cl)cc2)=C(N(C)Cc2ccccc2)C1=O. The van der Waals surface area contributed by atoms with Crippen molar-refractivity contribution in [3.05, 3.63) is 76.4 Å². The molecule has 0 spiro atoms. The van der Waals surface area contributed by atoms with Crippen LogP contribution in [0.5, 0.6) is 0 Å². The fraction of sp³-hybridized carbons (Fsp3) is 0.333. The first kappa shape index (κ1) is 22.1. The van der Waals surface area contributed by atoms with E-state index in [4.69, 9.17) is 16.3 Å². The molecule has 0 saturated carbocycles. The first-order valence-corrected chi connectivity index (χ1v) is 10.5. The predicted octanol–water partition coefficient (Wildman–Crippen LogP) is 4.37. The Morgan fingerprint density at radius 2 is 1.67 bits per heavy atom. The number of halogens is 1. The van der Waals surface area contributed by atoms with Crippen LogP contribution in [0.2, 0.25) is 5.02 Å². The van der Waals surface area contributed by atoms with E-state index in [9.17, 15) is 9.59 Å². The van der Waals surface area contributed by atoms with Crippen molar-refractivity contribution in [2.45, 2.75) is 32.9 Å². The van der Waals surface area contributed by atoms with E-state index in [1.165, 1.54) is 4.90 Å². The Hall–Kier alpha value is -2.63. The lowest BCUT2D eigenvalue weighted by molar-refractivity contribution is -0.137. The maximum atomic E-state index is 13.3. The second kappa shape index (κ2) is 9.92. The first-order valence-electron chi connectivity index (χ1n) is 10.1. The van der Waals surface area contributed by atoms with Crippen LogP contribution in [-0.2, 0) is 20.9 Å². The fourth-order valence-corrected chi connectivity index (χ4v) is 3.60. The average molecular weight is 427 g/mol. The Balaban J connectivity index is 1.88. The molecule has 0 aromatic heterocycles. The van der Waals surface area contributed by atoms with Gasteiger partial charge >= 0.3 is 0 Å². The molecule has 5 nitrogen and oxygen atoms in total. The number of ether oxygens (including phenoxy) is 1. The Morgan fingerprint density at radius 3 is 2.30 bits per heavy atom. The van der Waals surface area contributed by atoms with E-state index in [2.05, 4.69) is 0 Å². The van der Waals surface area contributed by atoms with Crippen molar-refractivity contribution in [2.24, 2.45) is 0 Å². The van der Waals surface area contributed by atoms with Gasteiger partial charge < -0.3 is 9.64 Å². The van der Waals surface area contributed by atoms with Crippen LogP contribution in [0.3, 0.4) is 0 Å². The second-order valence-corrected chi connectivity index (χ2v) is 8.04. The lowest BCUT2D eigenvalue weighted by Gasteiger charge is -2.21. The maximum absolute atomic E-state index is 13.3. The summed E-state index contributed by atoms with van der Waals surface area (Å²) < 4.78 is 5.56. The van der Waals surface area contributed by atoms with Gasteiger partial charge in [-0.05, 0) is 43.5 Å². The summed E-state index contributed by atoms with van der Waals surface area (Å²) >= 11 is 6.03. The van der Waals surface area contributed by atoms with Gasteiger partial charge in [0.25, 0.3) is 11.8 Å². The zero-order chi connectivity index (χ0) is 21.7. The molecule has 1 heterocycles. The molecule has 0 aliphatic carbocycles. The van der Waals surface area contributed by atoms with E-state index < -0.39 is 0 Å². The highest BCUT2D eigenvalue weighted by Gasteiger charge is 2.40. The molecule has 0 fully saturated rings. The fourth-order valence-electron chi connectivity index (χ4n) is 3.48. The van der Waals surface area contributed by atoms with Crippen LogP contribution in [0.4, 0.5) is 0 Å². The molecule has 30 heavy (non-hydrogen) atoms. The number of rotatable bonds is 9. The Labute approximate surface area is 182 Å². The molecule has 0 saturated heterocycles. The topological polar surface area (TPSA) is 49.9 Å². The smallest absolute Gasteiger partial charge is 0.277 e. The molecule has 1 aliphatic rings. The van der Waals surface area contributed by atoms with Crippen LogP contribution >= 0.6 is 11.6 Å². The zero-order valence-corrected chi connectivity index (χ0v) is 18.4. The minimum Gasteiger partial charge on any atom is -0.379 e. The largest absolute Gasteiger partial charge is 0.379 e. The molecule has 3 rings (SSSR count). The van der Waals surface area contributed by atoms with Gasteiger partial charge in [0.05, 0.1) is 11.7 Å².